The fourth-order valence-corrected chi connectivity index (χ4v) is 0.783. The third kappa shape index (κ3) is 3.02. The zero-order valence-electron chi connectivity index (χ0n) is 7.23. The van der Waals surface area contributed by atoms with Crippen LogP contribution in [-0.2, 0) is 0 Å². The van der Waals surface area contributed by atoms with E-state index >= 15 is 0 Å². The van der Waals surface area contributed by atoms with Gasteiger partial charge in [0.05, 0.1) is 0 Å². The fraction of sp³-hybridized carbons (Fsp3) is 0.222. The summed E-state index contributed by atoms with van der Waals surface area (Å²) >= 11 is 0. The van der Waals surface area contributed by atoms with Crippen molar-refractivity contribution in [3.63, 3.8) is 0 Å². The van der Waals surface area contributed by atoms with Gasteiger partial charge in [-0.15, -0.1) is 6.58 Å². The smallest absolute Gasteiger partial charge is 0.289 e. The van der Waals surface area contributed by atoms with E-state index in [1.807, 2.05) is 0 Å². The summed E-state index contributed by atoms with van der Waals surface area (Å²) in [6.07, 6.45) is 5.57. The summed E-state index contributed by atoms with van der Waals surface area (Å²) in [7, 11) is 0. The molecule has 0 atom stereocenters. The first-order valence-corrected chi connectivity index (χ1v) is 4.00. The van der Waals surface area contributed by atoms with Crippen LogP contribution in [0.15, 0.2) is 31.1 Å². The van der Waals surface area contributed by atoms with Gasteiger partial charge in [0.1, 0.15) is 0 Å². The van der Waals surface area contributed by atoms with Gasteiger partial charge in [-0.3, -0.25) is 4.79 Å². The maximum absolute atomic E-state index is 11.2. The van der Waals surface area contributed by atoms with Gasteiger partial charge in [0.25, 0.3) is 5.91 Å². The minimum atomic E-state index is -0.248. The third-order valence-corrected chi connectivity index (χ3v) is 1.40. The van der Waals surface area contributed by atoms with Crippen molar-refractivity contribution < 1.29 is 4.79 Å². The number of hydrogen-bond donors (Lipinski definition) is 1. The Morgan fingerprint density at radius 1 is 1.54 bits per heavy atom. The molecule has 4 nitrogen and oxygen atoms in total. The summed E-state index contributed by atoms with van der Waals surface area (Å²) in [5.74, 6) is -0.0472. The maximum Gasteiger partial charge on any atom is 0.289 e. The summed E-state index contributed by atoms with van der Waals surface area (Å²) in [5, 5.41) is 2.66. The lowest BCUT2D eigenvalue weighted by Crippen LogP contribution is -2.25. The number of carbonyl (C=O) groups excluding carboxylic acids is 1. The molecule has 1 N–H and O–H groups in total. The number of hydrogen-bond acceptors (Lipinski definition) is 3. The number of nitrogens with zero attached hydrogens (tertiary/aromatic N) is 2. The number of amides is 1. The van der Waals surface area contributed by atoms with Crippen molar-refractivity contribution in [2.45, 2.75) is 6.42 Å². The van der Waals surface area contributed by atoms with Crippen LogP contribution < -0.4 is 5.32 Å². The maximum atomic E-state index is 11.2. The van der Waals surface area contributed by atoms with Gasteiger partial charge in [-0.05, 0) is 12.5 Å². The van der Waals surface area contributed by atoms with Crippen LogP contribution in [0.2, 0.25) is 0 Å². The highest BCUT2D eigenvalue weighted by Gasteiger charge is 2.05. The van der Waals surface area contributed by atoms with E-state index in [2.05, 4.69) is 21.9 Å². The molecule has 0 radical (unpaired) electrons. The summed E-state index contributed by atoms with van der Waals surface area (Å²) < 4.78 is 0. The standard InChI is InChI=1S/C9H11N3O/c1-2-3-5-12-9(13)8-10-6-4-7-11-8/h2,4,6-7H,1,3,5H2,(H,12,13). The first-order chi connectivity index (χ1) is 6.34. The van der Waals surface area contributed by atoms with Gasteiger partial charge >= 0.3 is 0 Å². The quantitative estimate of drug-likeness (QED) is 0.546. The second-order valence-corrected chi connectivity index (χ2v) is 2.41. The Morgan fingerprint density at radius 3 is 2.85 bits per heavy atom. The summed E-state index contributed by atoms with van der Waals surface area (Å²) in [6.45, 7) is 4.12. The topological polar surface area (TPSA) is 54.9 Å². The minimum Gasteiger partial charge on any atom is -0.349 e. The predicted molar refractivity (Wildman–Crippen MR) is 49.2 cm³/mol. The molecule has 13 heavy (non-hydrogen) atoms. The van der Waals surface area contributed by atoms with E-state index < -0.39 is 0 Å². The molecule has 1 aromatic heterocycles. The predicted octanol–water partition coefficient (Wildman–Crippen LogP) is 0.782. The van der Waals surface area contributed by atoms with Crippen LogP contribution in [0, 0.1) is 0 Å². The minimum absolute atomic E-state index is 0.201. The normalized spacial score (nSPS) is 9.23. The van der Waals surface area contributed by atoms with Gasteiger partial charge in [-0.1, -0.05) is 6.08 Å². The van der Waals surface area contributed by atoms with Crippen molar-refractivity contribution in [3.05, 3.63) is 36.9 Å². The number of carbonyl (C=O) groups is 1. The van der Waals surface area contributed by atoms with Crippen molar-refractivity contribution in [2.24, 2.45) is 0 Å². The van der Waals surface area contributed by atoms with Crippen LogP contribution >= 0.6 is 0 Å². The number of nitrogens with one attached hydrogen (secondary N) is 1. The molecule has 0 aliphatic heterocycles. The van der Waals surface area contributed by atoms with E-state index in [-0.39, 0.29) is 11.7 Å². The molecule has 0 saturated heterocycles. The van der Waals surface area contributed by atoms with E-state index in [0.29, 0.717) is 6.54 Å². The summed E-state index contributed by atoms with van der Waals surface area (Å²) in [5.41, 5.74) is 0. The van der Waals surface area contributed by atoms with Gasteiger partial charge in [0.15, 0.2) is 0 Å². The Kier molecular flexibility index (Phi) is 3.63. The van der Waals surface area contributed by atoms with Gasteiger partial charge in [-0.2, -0.15) is 0 Å². The SMILES string of the molecule is C=CCCNC(=O)c1ncccn1. The largest absolute Gasteiger partial charge is 0.349 e. The first-order valence-electron chi connectivity index (χ1n) is 4.00. The Hall–Kier alpha value is -1.71. The molecule has 0 bridgehead atoms. The van der Waals surface area contributed by atoms with Gasteiger partial charge in [0.2, 0.25) is 5.82 Å². The zero-order valence-corrected chi connectivity index (χ0v) is 7.23. The highest BCUT2D eigenvalue weighted by atomic mass is 16.2. The Labute approximate surface area is 76.7 Å². The van der Waals surface area contributed by atoms with Gasteiger partial charge < -0.3 is 5.32 Å². The number of rotatable bonds is 4. The lowest BCUT2D eigenvalue weighted by atomic mass is 10.4. The first kappa shape index (κ1) is 9.38. The highest BCUT2D eigenvalue weighted by Crippen LogP contribution is 1.87. The molecule has 1 amide bonds. The van der Waals surface area contributed by atoms with Crippen LogP contribution in [-0.4, -0.2) is 22.4 Å². The zero-order chi connectivity index (χ0) is 9.52. The van der Waals surface area contributed by atoms with Crippen molar-refractivity contribution in [1.29, 1.82) is 0 Å². The van der Waals surface area contributed by atoms with E-state index in [0.717, 1.165) is 6.42 Å². The van der Waals surface area contributed by atoms with Crippen LogP contribution in [0.4, 0.5) is 0 Å². The fourth-order valence-electron chi connectivity index (χ4n) is 0.783. The molecule has 4 heteroatoms. The molecule has 0 unspecified atom stereocenters. The average molecular weight is 177 g/mol. The van der Waals surface area contributed by atoms with Gasteiger partial charge in [-0.25, -0.2) is 9.97 Å². The second-order valence-electron chi connectivity index (χ2n) is 2.41. The molecule has 68 valence electrons. The monoisotopic (exact) mass is 177 g/mol. The molecule has 0 aromatic carbocycles. The molecule has 0 aliphatic carbocycles. The van der Waals surface area contributed by atoms with E-state index in [1.165, 1.54) is 12.4 Å². The van der Waals surface area contributed by atoms with Crippen LogP contribution in [0.25, 0.3) is 0 Å². The van der Waals surface area contributed by atoms with Crippen molar-refractivity contribution in [3.8, 4) is 0 Å². The van der Waals surface area contributed by atoms with Crippen LogP contribution in [0.5, 0.6) is 0 Å². The lowest BCUT2D eigenvalue weighted by Gasteiger charge is -2.00. The number of aromatic nitrogens is 2. The molecule has 0 fully saturated rings. The van der Waals surface area contributed by atoms with Gasteiger partial charge in [0, 0.05) is 18.9 Å². The Morgan fingerprint density at radius 2 is 2.23 bits per heavy atom. The lowest BCUT2D eigenvalue weighted by molar-refractivity contribution is 0.0944. The third-order valence-electron chi connectivity index (χ3n) is 1.40. The highest BCUT2D eigenvalue weighted by molar-refractivity contribution is 5.90. The van der Waals surface area contributed by atoms with E-state index in [4.69, 9.17) is 0 Å². The average Bonchev–Trinajstić information content (AvgIpc) is 2.19. The molecule has 1 aromatic rings. The van der Waals surface area contributed by atoms with Crippen LogP contribution in [0.1, 0.15) is 17.0 Å². The molecule has 0 aliphatic rings. The molecule has 0 spiro atoms. The van der Waals surface area contributed by atoms with Crippen molar-refractivity contribution in [1.82, 2.24) is 15.3 Å². The van der Waals surface area contributed by atoms with Crippen molar-refractivity contribution >= 4 is 5.91 Å². The second kappa shape index (κ2) is 5.03. The molecule has 0 saturated carbocycles. The Bertz CT molecular complexity index is 284. The molecular weight excluding hydrogens is 166 g/mol. The van der Waals surface area contributed by atoms with Crippen LogP contribution in [0.3, 0.4) is 0 Å². The molecule has 1 heterocycles. The molecule has 1 rings (SSSR count). The summed E-state index contributed by atoms with van der Waals surface area (Å²) in [6, 6.07) is 1.67. The molecular formula is C9H11N3O. The summed E-state index contributed by atoms with van der Waals surface area (Å²) in [4.78, 5) is 18.9. The Balaban J connectivity index is 2.45. The van der Waals surface area contributed by atoms with E-state index in [1.54, 1.807) is 12.1 Å². The van der Waals surface area contributed by atoms with Crippen molar-refractivity contribution in [2.75, 3.05) is 6.54 Å². The van der Waals surface area contributed by atoms with E-state index in [9.17, 15) is 4.79 Å².